The molecular formula is C24H20N2O2. The molecule has 0 aliphatic heterocycles. The molecule has 1 N–H and O–H groups in total. The standard InChI is InChI=1S/C24H20N2O2/c1-28-21-13-12-19-14-20(16-25-22(19)15-21)26-24(27)23(17-8-4-2-5-9-17)18-10-6-3-7-11-18/h2-16,23H,1H3,(H,26,27). The predicted molar refractivity (Wildman–Crippen MR) is 112 cm³/mol. The Kier molecular flexibility index (Phi) is 5.02. The molecule has 4 rings (SSSR count). The van der Waals surface area contributed by atoms with Gasteiger partial charge in [0.15, 0.2) is 0 Å². The average molecular weight is 368 g/mol. The van der Waals surface area contributed by atoms with Crippen molar-refractivity contribution >= 4 is 22.5 Å². The lowest BCUT2D eigenvalue weighted by molar-refractivity contribution is -0.116. The molecule has 1 amide bonds. The Bertz CT molecular complexity index is 1060. The monoisotopic (exact) mass is 368 g/mol. The second kappa shape index (κ2) is 7.92. The zero-order valence-corrected chi connectivity index (χ0v) is 15.5. The van der Waals surface area contributed by atoms with Crippen LogP contribution in [0.3, 0.4) is 0 Å². The van der Waals surface area contributed by atoms with Gasteiger partial charge in [0.2, 0.25) is 5.91 Å². The quantitative estimate of drug-likeness (QED) is 0.538. The summed E-state index contributed by atoms with van der Waals surface area (Å²) in [6.07, 6.45) is 1.67. The first-order chi connectivity index (χ1) is 13.7. The first kappa shape index (κ1) is 17.7. The normalized spacial score (nSPS) is 10.8. The highest BCUT2D eigenvalue weighted by molar-refractivity contribution is 5.99. The Morgan fingerprint density at radius 2 is 1.54 bits per heavy atom. The van der Waals surface area contributed by atoms with E-state index < -0.39 is 5.92 Å². The van der Waals surface area contributed by atoms with Crippen LogP contribution in [0.25, 0.3) is 10.9 Å². The van der Waals surface area contributed by atoms with Crippen molar-refractivity contribution < 1.29 is 9.53 Å². The van der Waals surface area contributed by atoms with E-state index in [-0.39, 0.29) is 5.91 Å². The van der Waals surface area contributed by atoms with Gasteiger partial charge in [0.25, 0.3) is 0 Å². The maximum Gasteiger partial charge on any atom is 0.236 e. The van der Waals surface area contributed by atoms with E-state index in [0.717, 1.165) is 27.8 Å². The third-order valence-electron chi connectivity index (χ3n) is 4.69. The van der Waals surface area contributed by atoms with Crippen LogP contribution in [-0.2, 0) is 4.79 Å². The Morgan fingerprint density at radius 1 is 0.893 bits per heavy atom. The van der Waals surface area contributed by atoms with Crippen LogP contribution in [0.5, 0.6) is 5.75 Å². The summed E-state index contributed by atoms with van der Waals surface area (Å²) in [7, 11) is 1.63. The second-order valence-corrected chi connectivity index (χ2v) is 6.53. The van der Waals surface area contributed by atoms with Crippen molar-refractivity contribution in [1.82, 2.24) is 4.98 Å². The molecule has 3 aromatic carbocycles. The van der Waals surface area contributed by atoms with Gasteiger partial charge in [-0.25, -0.2) is 0 Å². The van der Waals surface area contributed by atoms with Gasteiger partial charge in [-0.1, -0.05) is 60.7 Å². The molecule has 28 heavy (non-hydrogen) atoms. The lowest BCUT2D eigenvalue weighted by atomic mass is 9.90. The van der Waals surface area contributed by atoms with Crippen molar-refractivity contribution in [3.63, 3.8) is 0 Å². The Hall–Kier alpha value is -3.66. The number of nitrogens with one attached hydrogen (secondary N) is 1. The summed E-state index contributed by atoms with van der Waals surface area (Å²) in [6.45, 7) is 0. The van der Waals surface area contributed by atoms with Crippen molar-refractivity contribution in [1.29, 1.82) is 0 Å². The van der Waals surface area contributed by atoms with Crippen LogP contribution in [0.4, 0.5) is 5.69 Å². The minimum atomic E-state index is -0.394. The summed E-state index contributed by atoms with van der Waals surface area (Å²) in [5.74, 6) is 0.269. The molecule has 0 bridgehead atoms. The van der Waals surface area contributed by atoms with Gasteiger partial charge in [-0.15, -0.1) is 0 Å². The number of rotatable bonds is 5. The van der Waals surface area contributed by atoms with Crippen LogP contribution in [0.1, 0.15) is 17.0 Å². The first-order valence-electron chi connectivity index (χ1n) is 9.09. The number of pyridine rings is 1. The molecule has 0 saturated carbocycles. The van der Waals surface area contributed by atoms with Gasteiger partial charge in [-0.2, -0.15) is 0 Å². The van der Waals surface area contributed by atoms with Crippen LogP contribution >= 0.6 is 0 Å². The van der Waals surface area contributed by atoms with Crippen LogP contribution in [0.15, 0.2) is 91.1 Å². The summed E-state index contributed by atoms with van der Waals surface area (Å²) >= 11 is 0. The molecule has 4 aromatic rings. The van der Waals surface area contributed by atoms with Crippen molar-refractivity contribution in [3.05, 3.63) is 102 Å². The van der Waals surface area contributed by atoms with E-state index in [2.05, 4.69) is 10.3 Å². The van der Waals surface area contributed by atoms with E-state index >= 15 is 0 Å². The number of fused-ring (bicyclic) bond motifs is 1. The molecule has 0 spiro atoms. The summed E-state index contributed by atoms with van der Waals surface area (Å²) < 4.78 is 5.24. The third-order valence-corrected chi connectivity index (χ3v) is 4.69. The number of benzene rings is 3. The largest absolute Gasteiger partial charge is 0.497 e. The van der Waals surface area contributed by atoms with E-state index in [0.29, 0.717) is 5.69 Å². The van der Waals surface area contributed by atoms with Crippen molar-refractivity contribution in [2.75, 3.05) is 12.4 Å². The van der Waals surface area contributed by atoms with Gasteiger partial charge >= 0.3 is 0 Å². The van der Waals surface area contributed by atoms with Gasteiger partial charge in [0.05, 0.1) is 30.4 Å². The Labute approximate surface area is 163 Å². The third kappa shape index (κ3) is 3.71. The van der Waals surface area contributed by atoms with Crippen LogP contribution in [-0.4, -0.2) is 18.0 Å². The molecular weight excluding hydrogens is 348 g/mol. The predicted octanol–water partition coefficient (Wildman–Crippen LogP) is 5.01. The number of hydrogen-bond donors (Lipinski definition) is 1. The molecule has 4 nitrogen and oxygen atoms in total. The fourth-order valence-electron chi connectivity index (χ4n) is 3.30. The highest BCUT2D eigenvalue weighted by Crippen LogP contribution is 2.27. The van der Waals surface area contributed by atoms with Gasteiger partial charge < -0.3 is 10.1 Å². The Balaban J connectivity index is 1.65. The van der Waals surface area contributed by atoms with Crippen LogP contribution < -0.4 is 10.1 Å². The highest BCUT2D eigenvalue weighted by Gasteiger charge is 2.22. The molecule has 0 aliphatic carbocycles. The summed E-state index contributed by atoms with van der Waals surface area (Å²) in [6, 6.07) is 27.2. The molecule has 1 heterocycles. The van der Waals surface area contributed by atoms with Gasteiger partial charge in [-0.05, 0) is 29.3 Å². The molecule has 138 valence electrons. The van der Waals surface area contributed by atoms with E-state index in [1.165, 1.54) is 0 Å². The van der Waals surface area contributed by atoms with E-state index in [9.17, 15) is 4.79 Å². The van der Waals surface area contributed by atoms with Crippen LogP contribution in [0.2, 0.25) is 0 Å². The van der Waals surface area contributed by atoms with E-state index in [1.807, 2.05) is 84.9 Å². The lowest BCUT2D eigenvalue weighted by Crippen LogP contribution is -2.22. The van der Waals surface area contributed by atoms with Crippen molar-refractivity contribution in [3.8, 4) is 5.75 Å². The lowest BCUT2D eigenvalue weighted by Gasteiger charge is -2.18. The number of amides is 1. The molecule has 4 heteroatoms. The molecule has 1 aromatic heterocycles. The number of nitrogens with zero attached hydrogens (tertiary/aromatic N) is 1. The molecule has 0 aliphatic rings. The van der Waals surface area contributed by atoms with E-state index in [4.69, 9.17) is 4.74 Å². The zero-order valence-electron chi connectivity index (χ0n) is 15.5. The SMILES string of the molecule is COc1ccc2cc(NC(=O)C(c3ccccc3)c3ccccc3)cnc2c1. The summed E-state index contributed by atoms with van der Waals surface area (Å²) in [4.78, 5) is 17.6. The molecule has 0 saturated heterocycles. The molecule has 0 fully saturated rings. The van der Waals surface area contributed by atoms with Crippen molar-refractivity contribution in [2.24, 2.45) is 0 Å². The number of anilines is 1. The number of carbonyl (C=O) groups is 1. The number of ether oxygens (including phenoxy) is 1. The zero-order chi connectivity index (χ0) is 19.3. The highest BCUT2D eigenvalue weighted by atomic mass is 16.5. The fourth-order valence-corrected chi connectivity index (χ4v) is 3.30. The fraction of sp³-hybridized carbons (Fsp3) is 0.0833. The Morgan fingerprint density at radius 3 is 2.14 bits per heavy atom. The summed E-state index contributed by atoms with van der Waals surface area (Å²) in [5, 5.41) is 3.97. The number of hydrogen-bond acceptors (Lipinski definition) is 3. The summed E-state index contributed by atoms with van der Waals surface area (Å²) in [5.41, 5.74) is 3.38. The average Bonchev–Trinajstić information content (AvgIpc) is 2.75. The van der Waals surface area contributed by atoms with Crippen molar-refractivity contribution in [2.45, 2.75) is 5.92 Å². The van der Waals surface area contributed by atoms with E-state index in [1.54, 1.807) is 13.3 Å². The van der Waals surface area contributed by atoms with Gasteiger partial charge in [0, 0.05) is 11.5 Å². The maximum atomic E-state index is 13.2. The maximum absolute atomic E-state index is 13.2. The second-order valence-electron chi connectivity index (χ2n) is 6.53. The number of methoxy groups -OCH3 is 1. The minimum absolute atomic E-state index is 0.0907. The smallest absolute Gasteiger partial charge is 0.236 e. The van der Waals surface area contributed by atoms with Gasteiger partial charge in [-0.3, -0.25) is 9.78 Å². The molecule has 0 unspecified atom stereocenters. The molecule has 0 atom stereocenters. The number of aromatic nitrogens is 1. The first-order valence-corrected chi connectivity index (χ1v) is 9.09. The minimum Gasteiger partial charge on any atom is -0.497 e. The van der Waals surface area contributed by atoms with Gasteiger partial charge in [0.1, 0.15) is 5.75 Å². The number of carbonyl (C=O) groups excluding carboxylic acids is 1. The molecule has 0 radical (unpaired) electrons. The topological polar surface area (TPSA) is 51.2 Å². The van der Waals surface area contributed by atoms with Crippen LogP contribution in [0, 0.1) is 0 Å².